The zero-order valence-corrected chi connectivity index (χ0v) is 24.2. The van der Waals surface area contributed by atoms with Crippen molar-refractivity contribution in [3.05, 3.63) is 64.2 Å². The number of aliphatic hydroxyl groups excluding tert-OH is 1. The first kappa shape index (κ1) is 29.8. The third kappa shape index (κ3) is 6.12. The van der Waals surface area contributed by atoms with Crippen LogP contribution in [0.4, 0.5) is 10.1 Å². The highest BCUT2D eigenvalue weighted by Crippen LogP contribution is 2.55. The van der Waals surface area contributed by atoms with Crippen LogP contribution in [-0.2, 0) is 15.0 Å². The summed E-state index contributed by atoms with van der Waals surface area (Å²) in [6.45, 7) is 9.83. The van der Waals surface area contributed by atoms with Gasteiger partial charge in [0.2, 0.25) is 11.8 Å². The zero-order valence-electron chi connectivity index (χ0n) is 22.7. The number of amides is 2. The number of allylic oxidation sites excluding steroid dienone is 4. The molecule has 1 saturated carbocycles. The number of rotatable bonds is 7. The smallest absolute Gasteiger partial charge is 0.238 e. The van der Waals surface area contributed by atoms with Crippen LogP contribution in [0.1, 0.15) is 58.4 Å². The number of alkyl halides is 1. The second-order valence-electron chi connectivity index (χ2n) is 12.1. The van der Waals surface area contributed by atoms with Crippen LogP contribution in [0.2, 0.25) is 5.02 Å². The van der Waals surface area contributed by atoms with Gasteiger partial charge >= 0.3 is 0 Å². The van der Waals surface area contributed by atoms with E-state index >= 15 is 0 Å². The molecule has 1 aromatic carbocycles. The lowest BCUT2D eigenvalue weighted by Crippen LogP contribution is -2.51. The largest absolute Gasteiger partial charge is 0.393 e. The van der Waals surface area contributed by atoms with Gasteiger partial charge in [0, 0.05) is 33.7 Å². The Labute approximate surface area is 240 Å². The molecule has 0 aromatic heterocycles. The van der Waals surface area contributed by atoms with Gasteiger partial charge in [-0.05, 0) is 66.9 Å². The highest BCUT2D eigenvalue weighted by molar-refractivity contribution is 6.31. The van der Waals surface area contributed by atoms with Gasteiger partial charge in [-0.3, -0.25) is 9.59 Å². The van der Waals surface area contributed by atoms with Crippen molar-refractivity contribution in [2.45, 2.75) is 82.5 Å². The molecule has 0 unspecified atom stereocenters. The standard InChI is InChI=1S/C30H38Cl2FN3O3/c1-17(6-5-7-19(32)16-33)25-26(27(38)34-20-9-11-21(37)12-10-20)36-24(15-29(2,3)4)30(25)22-13-8-18(31)14-23(22)35-28(30)39/h5-8,13-14,20-21,24-26,36-37H,1,9-12,15-16H2,2-4H3,(H,34,38)(H,35,39)/b6-5-,19-7+/t20?,21?,24-,25+,26-,30+/m1/s1. The fraction of sp³-hybridized carbons (Fsp3) is 0.533. The molecule has 2 aliphatic heterocycles. The summed E-state index contributed by atoms with van der Waals surface area (Å²) in [6, 6.07) is 4.16. The Hall–Kier alpha value is -2.19. The molecule has 1 aliphatic carbocycles. The van der Waals surface area contributed by atoms with Gasteiger partial charge in [0.25, 0.3) is 0 Å². The van der Waals surface area contributed by atoms with Crippen molar-refractivity contribution >= 4 is 40.7 Å². The maximum Gasteiger partial charge on any atom is 0.238 e. The van der Waals surface area contributed by atoms with Gasteiger partial charge in [0.15, 0.2) is 0 Å². The summed E-state index contributed by atoms with van der Waals surface area (Å²) in [4.78, 5) is 28.0. The molecule has 4 N–H and O–H groups in total. The number of aliphatic hydroxyl groups is 1. The Bertz CT molecular complexity index is 1190. The first-order valence-corrected chi connectivity index (χ1v) is 14.3. The van der Waals surface area contributed by atoms with Crippen LogP contribution in [0.5, 0.6) is 0 Å². The molecule has 2 heterocycles. The molecular formula is C30H38Cl2FN3O3. The monoisotopic (exact) mass is 577 g/mol. The van der Waals surface area contributed by atoms with Crippen LogP contribution in [0.15, 0.2) is 53.6 Å². The summed E-state index contributed by atoms with van der Waals surface area (Å²) in [5, 5.41) is 20.2. The molecule has 3 aliphatic rings. The SMILES string of the molecule is C=C(/C=C\C=C(\Cl)CF)[C@H]1[C@H](C(=O)NC2CCC(O)CC2)N[C@H](CC(C)(C)C)[C@]12C(=O)Nc1cc(Cl)ccc12. The predicted octanol–water partition coefficient (Wildman–Crippen LogP) is 5.55. The number of benzene rings is 1. The van der Waals surface area contributed by atoms with Crippen molar-refractivity contribution in [2.75, 3.05) is 12.0 Å². The predicted molar refractivity (Wildman–Crippen MR) is 155 cm³/mol. The van der Waals surface area contributed by atoms with Gasteiger partial charge < -0.3 is 21.1 Å². The van der Waals surface area contributed by atoms with Gasteiger partial charge in [-0.15, -0.1) is 0 Å². The van der Waals surface area contributed by atoms with Crippen molar-refractivity contribution in [1.29, 1.82) is 0 Å². The van der Waals surface area contributed by atoms with E-state index in [4.69, 9.17) is 23.2 Å². The number of hydrogen-bond acceptors (Lipinski definition) is 4. The van der Waals surface area contributed by atoms with E-state index in [-0.39, 0.29) is 40.4 Å². The van der Waals surface area contributed by atoms with Crippen LogP contribution in [0, 0.1) is 11.3 Å². The van der Waals surface area contributed by atoms with E-state index in [1.165, 1.54) is 6.08 Å². The molecule has 4 rings (SSSR count). The maximum atomic E-state index is 14.1. The number of carbonyl (C=O) groups excluding carboxylic acids is 2. The molecule has 6 nitrogen and oxygen atoms in total. The van der Waals surface area contributed by atoms with Gasteiger partial charge in [0.05, 0.1) is 12.1 Å². The highest BCUT2D eigenvalue weighted by atomic mass is 35.5. The normalized spacial score (nSPS) is 31.0. The quantitative estimate of drug-likeness (QED) is 0.320. The van der Waals surface area contributed by atoms with Crippen LogP contribution in [-0.4, -0.2) is 47.8 Å². The Kier molecular flexibility index (Phi) is 8.96. The molecule has 1 aromatic rings. The minimum absolute atomic E-state index is 0.0382. The van der Waals surface area contributed by atoms with E-state index in [2.05, 4.69) is 43.3 Å². The first-order valence-electron chi connectivity index (χ1n) is 13.5. The van der Waals surface area contributed by atoms with Crippen LogP contribution < -0.4 is 16.0 Å². The second kappa shape index (κ2) is 11.7. The number of anilines is 1. The van der Waals surface area contributed by atoms with Gasteiger partial charge in [-0.2, -0.15) is 0 Å². The van der Waals surface area contributed by atoms with Gasteiger partial charge in [-0.25, -0.2) is 4.39 Å². The lowest BCUT2D eigenvalue weighted by Gasteiger charge is -2.38. The molecule has 2 amide bonds. The minimum atomic E-state index is -1.13. The van der Waals surface area contributed by atoms with Crippen molar-refractivity contribution in [1.82, 2.24) is 10.6 Å². The number of fused-ring (bicyclic) bond motifs is 2. The van der Waals surface area contributed by atoms with E-state index < -0.39 is 24.0 Å². The number of carbonyl (C=O) groups is 2. The zero-order chi connectivity index (χ0) is 28.5. The van der Waals surface area contributed by atoms with E-state index in [9.17, 15) is 19.1 Å². The molecule has 0 radical (unpaired) electrons. The Balaban J connectivity index is 1.81. The van der Waals surface area contributed by atoms with E-state index in [0.29, 0.717) is 48.4 Å². The van der Waals surface area contributed by atoms with Crippen molar-refractivity contribution < 1.29 is 19.1 Å². The number of nitrogens with one attached hydrogen (secondary N) is 3. The molecule has 0 bridgehead atoms. The van der Waals surface area contributed by atoms with Crippen molar-refractivity contribution in [3.63, 3.8) is 0 Å². The maximum absolute atomic E-state index is 14.1. The van der Waals surface area contributed by atoms with Crippen molar-refractivity contribution in [2.24, 2.45) is 11.3 Å². The molecule has 1 saturated heterocycles. The van der Waals surface area contributed by atoms with Crippen LogP contribution in [0.3, 0.4) is 0 Å². The molecule has 4 atom stereocenters. The summed E-state index contributed by atoms with van der Waals surface area (Å²) in [7, 11) is 0. The fourth-order valence-electron chi connectivity index (χ4n) is 6.41. The Morgan fingerprint density at radius 2 is 1.97 bits per heavy atom. The lowest BCUT2D eigenvalue weighted by atomic mass is 9.62. The average Bonchev–Trinajstić information content (AvgIpc) is 3.34. The van der Waals surface area contributed by atoms with Crippen LogP contribution >= 0.6 is 23.2 Å². The third-order valence-electron chi connectivity index (χ3n) is 8.06. The van der Waals surface area contributed by atoms with Gasteiger partial charge in [0.1, 0.15) is 12.1 Å². The lowest BCUT2D eigenvalue weighted by molar-refractivity contribution is -0.125. The van der Waals surface area contributed by atoms with Gasteiger partial charge in [-0.1, -0.05) is 68.8 Å². The Morgan fingerprint density at radius 1 is 1.28 bits per heavy atom. The Morgan fingerprint density at radius 3 is 2.62 bits per heavy atom. The third-order valence-corrected chi connectivity index (χ3v) is 8.52. The number of halogens is 3. The van der Waals surface area contributed by atoms with Crippen molar-refractivity contribution in [3.8, 4) is 0 Å². The molecule has 2 fully saturated rings. The van der Waals surface area contributed by atoms with Crippen LogP contribution in [0.25, 0.3) is 0 Å². The topological polar surface area (TPSA) is 90.5 Å². The first-order chi connectivity index (χ1) is 18.4. The van der Waals surface area contributed by atoms with E-state index in [1.54, 1.807) is 24.3 Å². The van der Waals surface area contributed by atoms with E-state index in [1.807, 2.05) is 6.07 Å². The molecular weight excluding hydrogens is 540 g/mol. The molecule has 39 heavy (non-hydrogen) atoms. The summed E-state index contributed by atoms with van der Waals surface area (Å²) in [6.07, 6.45) is 7.67. The van der Waals surface area contributed by atoms with E-state index in [0.717, 1.165) is 5.56 Å². The highest BCUT2D eigenvalue weighted by Gasteiger charge is 2.65. The molecule has 9 heteroatoms. The summed E-state index contributed by atoms with van der Waals surface area (Å²) >= 11 is 12.2. The summed E-state index contributed by atoms with van der Waals surface area (Å²) < 4.78 is 12.9. The minimum Gasteiger partial charge on any atom is -0.393 e. The second-order valence-corrected chi connectivity index (χ2v) is 13.1. The fourth-order valence-corrected chi connectivity index (χ4v) is 6.65. The summed E-state index contributed by atoms with van der Waals surface area (Å²) in [5.74, 6) is -1.07. The average molecular weight is 579 g/mol. The summed E-state index contributed by atoms with van der Waals surface area (Å²) in [5.41, 5.74) is 0.650. The molecule has 1 spiro atoms. The number of hydrogen-bond donors (Lipinski definition) is 4. The molecule has 212 valence electrons.